The van der Waals surface area contributed by atoms with Gasteiger partial charge in [-0.1, -0.05) is 30.3 Å². The quantitative estimate of drug-likeness (QED) is 0.706. The van der Waals surface area contributed by atoms with E-state index in [1.54, 1.807) is 19.1 Å². The van der Waals surface area contributed by atoms with Crippen LogP contribution in [0.15, 0.2) is 48.5 Å². The fourth-order valence-electron chi connectivity index (χ4n) is 3.69. The van der Waals surface area contributed by atoms with E-state index >= 15 is 0 Å². The summed E-state index contributed by atoms with van der Waals surface area (Å²) in [6, 6.07) is 15.5. The van der Waals surface area contributed by atoms with Crippen molar-refractivity contribution in [3.63, 3.8) is 0 Å². The summed E-state index contributed by atoms with van der Waals surface area (Å²) in [6.45, 7) is 2.78. The van der Waals surface area contributed by atoms with Crippen LogP contribution in [-0.4, -0.2) is 68.7 Å². The van der Waals surface area contributed by atoms with Crippen LogP contribution in [0.25, 0.3) is 0 Å². The van der Waals surface area contributed by atoms with Crippen LogP contribution in [0.1, 0.15) is 17.5 Å². The lowest BCUT2D eigenvalue weighted by Gasteiger charge is -2.34. The van der Waals surface area contributed by atoms with Gasteiger partial charge in [0.1, 0.15) is 11.5 Å². The number of methoxy groups -OCH3 is 2. The molecule has 7 heteroatoms. The van der Waals surface area contributed by atoms with Gasteiger partial charge in [-0.2, -0.15) is 0 Å². The van der Waals surface area contributed by atoms with E-state index in [2.05, 4.69) is 5.32 Å². The average Bonchev–Trinajstić information content (AvgIpc) is 2.83. The Labute approximate surface area is 183 Å². The van der Waals surface area contributed by atoms with E-state index in [9.17, 15) is 9.59 Å². The maximum atomic E-state index is 12.5. The van der Waals surface area contributed by atoms with Gasteiger partial charge in [-0.3, -0.25) is 4.79 Å². The number of carbonyl (C=O) groups is 2. The minimum absolute atomic E-state index is 0.0831. The molecule has 166 valence electrons. The molecule has 0 unspecified atom stereocenters. The van der Waals surface area contributed by atoms with Gasteiger partial charge in [0.15, 0.2) is 0 Å². The molecule has 2 aromatic carbocycles. The van der Waals surface area contributed by atoms with Crippen molar-refractivity contribution in [1.29, 1.82) is 0 Å². The standard InChI is InChI=1S/C24H31N3O4/c1-30-21-10-7-19(8-11-21)9-12-23(28)26-15-17-27(18-16-26)24(29)25-14-13-20-5-3-4-6-22(20)31-2/h3-8,10-11H,9,12-18H2,1-2H3,(H,25,29). The van der Waals surface area contributed by atoms with Crippen LogP contribution in [0.3, 0.4) is 0 Å². The number of ether oxygens (including phenoxy) is 2. The maximum Gasteiger partial charge on any atom is 0.317 e. The first kappa shape index (κ1) is 22.5. The highest BCUT2D eigenvalue weighted by atomic mass is 16.5. The highest BCUT2D eigenvalue weighted by molar-refractivity contribution is 5.78. The summed E-state index contributed by atoms with van der Waals surface area (Å²) < 4.78 is 10.5. The van der Waals surface area contributed by atoms with Crippen molar-refractivity contribution in [2.24, 2.45) is 0 Å². The Balaban J connectivity index is 1.37. The van der Waals surface area contributed by atoms with Gasteiger partial charge in [0.2, 0.25) is 5.91 Å². The summed E-state index contributed by atoms with van der Waals surface area (Å²) in [5.74, 6) is 1.78. The topological polar surface area (TPSA) is 71.1 Å². The van der Waals surface area contributed by atoms with E-state index in [0.717, 1.165) is 22.6 Å². The number of nitrogens with zero attached hydrogens (tertiary/aromatic N) is 2. The minimum atomic E-state index is -0.0831. The number of aryl methyl sites for hydroxylation is 1. The molecule has 1 aliphatic heterocycles. The Morgan fingerprint density at radius 3 is 2.23 bits per heavy atom. The highest BCUT2D eigenvalue weighted by Gasteiger charge is 2.23. The predicted octanol–water partition coefficient (Wildman–Crippen LogP) is 2.73. The van der Waals surface area contributed by atoms with E-state index in [0.29, 0.717) is 52.0 Å². The number of para-hydroxylation sites is 1. The van der Waals surface area contributed by atoms with Crippen LogP contribution >= 0.6 is 0 Å². The lowest BCUT2D eigenvalue weighted by molar-refractivity contribution is -0.132. The fourth-order valence-corrected chi connectivity index (χ4v) is 3.69. The lowest BCUT2D eigenvalue weighted by Crippen LogP contribution is -2.53. The molecule has 1 heterocycles. The van der Waals surface area contributed by atoms with Crippen molar-refractivity contribution in [3.8, 4) is 11.5 Å². The second-order valence-electron chi connectivity index (χ2n) is 7.51. The summed E-state index contributed by atoms with van der Waals surface area (Å²) in [5, 5.41) is 2.97. The lowest BCUT2D eigenvalue weighted by atomic mass is 10.1. The molecule has 2 aromatic rings. The molecule has 0 bridgehead atoms. The Morgan fingerprint density at radius 1 is 0.871 bits per heavy atom. The molecule has 3 rings (SSSR count). The molecule has 0 aliphatic carbocycles. The van der Waals surface area contributed by atoms with Crippen molar-refractivity contribution < 1.29 is 19.1 Å². The van der Waals surface area contributed by atoms with Crippen molar-refractivity contribution in [2.75, 3.05) is 46.9 Å². The largest absolute Gasteiger partial charge is 0.497 e. The summed E-state index contributed by atoms with van der Waals surface area (Å²) in [6.07, 6.45) is 1.88. The van der Waals surface area contributed by atoms with Crippen LogP contribution in [0.2, 0.25) is 0 Å². The third-order valence-electron chi connectivity index (χ3n) is 5.57. The molecule has 1 N–H and O–H groups in total. The first-order valence-corrected chi connectivity index (χ1v) is 10.7. The number of hydrogen-bond acceptors (Lipinski definition) is 4. The molecular weight excluding hydrogens is 394 g/mol. The van der Waals surface area contributed by atoms with E-state index in [1.807, 2.05) is 53.4 Å². The van der Waals surface area contributed by atoms with Crippen LogP contribution in [0, 0.1) is 0 Å². The number of benzene rings is 2. The zero-order valence-electron chi connectivity index (χ0n) is 18.3. The number of carbonyl (C=O) groups excluding carboxylic acids is 2. The number of amides is 3. The number of nitrogens with one attached hydrogen (secondary N) is 1. The molecule has 1 saturated heterocycles. The summed E-state index contributed by atoms with van der Waals surface area (Å²) in [7, 11) is 3.29. The number of hydrogen-bond donors (Lipinski definition) is 1. The summed E-state index contributed by atoms with van der Waals surface area (Å²) >= 11 is 0. The highest BCUT2D eigenvalue weighted by Crippen LogP contribution is 2.17. The number of piperazine rings is 1. The molecule has 31 heavy (non-hydrogen) atoms. The van der Waals surface area contributed by atoms with Crippen molar-refractivity contribution in [3.05, 3.63) is 59.7 Å². The second-order valence-corrected chi connectivity index (χ2v) is 7.51. The van der Waals surface area contributed by atoms with Crippen molar-refractivity contribution in [2.45, 2.75) is 19.3 Å². The molecule has 0 radical (unpaired) electrons. The summed E-state index contributed by atoms with van der Waals surface area (Å²) in [4.78, 5) is 28.6. The van der Waals surface area contributed by atoms with Crippen molar-refractivity contribution >= 4 is 11.9 Å². The zero-order valence-corrected chi connectivity index (χ0v) is 18.3. The van der Waals surface area contributed by atoms with Crippen LogP contribution in [0.4, 0.5) is 4.79 Å². The van der Waals surface area contributed by atoms with E-state index < -0.39 is 0 Å². The molecule has 0 saturated carbocycles. The van der Waals surface area contributed by atoms with Gasteiger partial charge in [-0.25, -0.2) is 4.79 Å². The SMILES string of the molecule is COc1ccc(CCC(=O)N2CCN(C(=O)NCCc3ccccc3OC)CC2)cc1. The minimum Gasteiger partial charge on any atom is -0.497 e. The third kappa shape index (κ3) is 6.38. The van der Waals surface area contributed by atoms with Gasteiger partial charge in [0.25, 0.3) is 0 Å². The third-order valence-corrected chi connectivity index (χ3v) is 5.57. The van der Waals surface area contributed by atoms with E-state index in [4.69, 9.17) is 9.47 Å². The van der Waals surface area contributed by atoms with Gasteiger partial charge in [-0.05, 0) is 42.2 Å². The second kappa shape index (κ2) is 11.2. The molecule has 0 aromatic heterocycles. The molecule has 1 fully saturated rings. The smallest absolute Gasteiger partial charge is 0.317 e. The van der Waals surface area contributed by atoms with Crippen molar-refractivity contribution in [1.82, 2.24) is 15.1 Å². The molecule has 0 spiro atoms. The first-order chi connectivity index (χ1) is 15.1. The van der Waals surface area contributed by atoms with Gasteiger partial charge in [-0.15, -0.1) is 0 Å². The Morgan fingerprint density at radius 2 is 1.55 bits per heavy atom. The average molecular weight is 426 g/mol. The van der Waals surface area contributed by atoms with Gasteiger partial charge >= 0.3 is 6.03 Å². The van der Waals surface area contributed by atoms with Crippen LogP contribution in [-0.2, 0) is 17.6 Å². The Kier molecular flexibility index (Phi) is 8.15. The van der Waals surface area contributed by atoms with Gasteiger partial charge in [0, 0.05) is 39.1 Å². The predicted molar refractivity (Wildman–Crippen MR) is 120 cm³/mol. The Hall–Kier alpha value is -3.22. The summed E-state index contributed by atoms with van der Waals surface area (Å²) in [5.41, 5.74) is 2.18. The molecule has 3 amide bonds. The first-order valence-electron chi connectivity index (χ1n) is 10.7. The van der Waals surface area contributed by atoms with Gasteiger partial charge < -0.3 is 24.6 Å². The monoisotopic (exact) mass is 425 g/mol. The van der Waals surface area contributed by atoms with Crippen LogP contribution in [0.5, 0.6) is 11.5 Å². The fraction of sp³-hybridized carbons (Fsp3) is 0.417. The van der Waals surface area contributed by atoms with Gasteiger partial charge in [0.05, 0.1) is 14.2 Å². The molecule has 7 nitrogen and oxygen atoms in total. The zero-order chi connectivity index (χ0) is 22.1. The molecular formula is C24H31N3O4. The normalized spacial score (nSPS) is 13.6. The van der Waals surface area contributed by atoms with Crippen LogP contribution < -0.4 is 14.8 Å². The van der Waals surface area contributed by atoms with E-state index in [1.165, 1.54) is 0 Å². The number of urea groups is 1. The number of rotatable bonds is 8. The Bertz CT molecular complexity index is 861. The van der Waals surface area contributed by atoms with E-state index in [-0.39, 0.29) is 11.9 Å². The maximum absolute atomic E-state index is 12.5. The molecule has 0 atom stereocenters. The molecule has 1 aliphatic rings.